The van der Waals surface area contributed by atoms with Crippen LogP contribution < -0.4 is 0 Å². The van der Waals surface area contributed by atoms with Crippen LogP contribution in [-0.2, 0) is 22.7 Å². The smallest absolute Gasteiger partial charge is 0.237 e. The molecule has 30 heavy (non-hydrogen) atoms. The highest BCUT2D eigenvalue weighted by Crippen LogP contribution is 2.46. The zero-order valence-corrected chi connectivity index (χ0v) is 18.7. The zero-order chi connectivity index (χ0) is 21.5. The predicted molar refractivity (Wildman–Crippen MR) is 116 cm³/mol. The van der Waals surface area contributed by atoms with E-state index in [9.17, 15) is 9.59 Å². The van der Waals surface area contributed by atoms with Crippen LogP contribution in [0.1, 0.15) is 54.6 Å². The van der Waals surface area contributed by atoms with Gasteiger partial charge in [0.1, 0.15) is 0 Å². The Hall–Kier alpha value is -2.18. The first-order valence-electron chi connectivity index (χ1n) is 10.6. The SMILES string of the molecule is Cc1nn(Cc2ccccc2Cl)c(C)c1CN(C)CN1C(=O)CC2(CCCC2)C1=O. The van der Waals surface area contributed by atoms with E-state index in [2.05, 4.69) is 6.92 Å². The lowest BCUT2D eigenvalue weighted by Crippen LogP contribution is -2.41. The average Bonchev–Trinajstić information content (AvgIpc) is 3.34. The third-order valence-corrected chi connectivity index (χ3v) is 7.04. The summed E-state index contributed by atoms with van der Waals surface area (Å²) in [5.74, 6) is -0.00341. The second-order valence-corrected chi connectivity index (χ2v) is 9.25. The molecule has 4 rings (SSSR count). The summed E-state index contributed by atoms with van der Waals surface area (Å²) in [4.78, 5) is 29.0. The van der Waals surface area contributed by atoms with Gasteiger partial charge in [-0.3, -0.25) is 24.1 Å². The van der Waals surface area contributed by atoms with Crippen LogP contribution in [0.3, 0.4) is 0 Å². The molecule has 0 atom stereocenters. The lowest BCUT2D eigenvalue weighted by Gasteiger charge is -2.25. The molecular weight excluding hydrogens is 400 g/mol. The van der Waals surface area contributed by atoms with Crippen molar-refractivity contribution in [3.05, 3.63) is 51.8 Å². The number of halogens is 1. The van der Waals surface area contributed by atoms with E-state index in [1.807, 2.05) is 47.8 Å². The molecule has 2 fully saturated rings. The highest BCUT2D eigenvalue weighted by Gasteiger charge is 2.52. The molecule has 2 aliphatic rings. The minimum Gasteiger partial charge on any atom is -0.284 e. The third-order valence-electron chi connectivity index (χ3n) is 6.67. The van der Waals surface area contributed by atoms with Gasteiger partial charge in [0, 0.05) is 29.2 Å². The summed E-state index contributed by atoms with van der Waals surface area (Å²) in [5.41, 5.74) is 3.77. The van der Waals surface area contributed by atoms with Gasteiger partial charge < -0.3 is 0 Å². The van der Waals surface area contributed by atoms with Crippen LogP contribution in [0.5, 0.6) is 0 Å². The second kappa shape index (κ2) is 8.16. The van der Waals surface area contributed by atoms with E-state index in [1.165, 1.54) is 4.90 Å². The number of imide groups is 1. The van der Waals surface area contributed by atoms with Crippen molar-refractivity contribution >= 4 is 23.4 Å². The van der Waals surface area contributed by atoms with Crippen LogP contribution >= 0.6 is 11.6 Å². The molecule has 2 aromatic rings. The van der Waals surface area contributed by atoms with Crippen molar-refractivity contribution in [1.29, 1.82) is 0 Å². The van der Waals surface area contributed by atoms with Crippen molar-refractivity contribution in [2.24, 2.45) is 5.41 Å². The zero-order valence-electron chi connectivity index (χ0n) is 17.9. The van der Waals surface area contributed by atoms with Crippen molar-refractivity contribution in [3.8, 4) is 0 Å². The maximum Gasteiger partial charge on any atom is 0.237 e. The Labute approximate surface area is 182 Å². The molecule has 1 aliphatic heterocycles. The van der Waals surface area contributed by atoms with E-state index in [0.717, 1.165) is 53.2 Å². The van der Waals surface area contributed by atoms with Crippen molar-refractivity contribution in [1.82, 2.24) is 19.6 Å². The minimum absolute atomic E-state index is 0.0275. The number of rotatable bonds is 6. The summed E-state index contributed by atoms with van der Waals surface area (Å²) in [5, 5.41) is 5.44. The van der Waals surface area contributed by atoms with Crippen LogP contribution in [0.15, 0.2) is 24.3 Å². The number of amides is 2. The van der Waals surface area contributed by atoms with E-state index in [4.69, 9.17) is 16.7 Å². The molecule has 0 radical (unpaired) electrons. The highest BCUT2D eigenvalue weighted by molar-refractivity contribution is 6.31. The molecular formula is C23H29ClN4O2. The standard InChI is InChI=1S/C23H29ClN4O2/c1-16-19(17(2)28(25-16)13-18-8-4-5-9-20(18)24)14-26(3)15-27-21(29)12-23(22(27)30)10-6-7-11-23/h4-5,8-9H,6-7,10-15H2,1-3H3. The van der Waals surface area contributed by atoms with E-state index >= 15 is 0 Å². The summed E-state index contributed by atoms with van der Waals surface area (Å²) >= 11 is 6.31. The second-order valence-electron chi connectivity index (χ2n) is 8.85. The third kappa shape index (κ3) is 3.79. The Morgan fingerprint density at radius 1 is 1.17 bits per heavy atom. The fourth-order valence-electron chi connectivity index (χ4n) is 4.91. The van der Waals surface area contributed by atoms with Gasteiger partial charge in [0.05, 0.1) is 24.3 Å². The molecule has 1 aliphatic carbocycles. The van der Waals surface area contributed by atoms with E-state index in [-0.39, 0.29) is 11.8 Å². The molecule has 1 saturated carbocycles. The van der Waals surface area contributed by atoms with E-state index < -0.39 is 5.41 Å². The number of aryl methyl sites for hydroxylation is 1. The quantitative estimate of drug-likeness (QED) is 0.654. The fraction of sp³-hybridized carbons (Fsp3) is 0.522. The van der Waals surface area contributed by atoms with E-state index in [0.29, 0.717) is 26.2 Å². The van der Waals surface area contributed by atoms with Crippen LogP contribution in [-0.4, -0.2) is 45.1 Å². The van der Waals surface area contributed by atoms with Crippen LogP contribution in [0.25, 0.3) is 0 Å². The number of aromatic nitrogens is 2. The van der Waals surface area contributed by atoms with Gasteiger partial charge in [-0.1, -0.05) is 42.6 Å². The number of carbonyl (C=O) groups excluding carboxylic acids is 2. The lowest BCUT2D eigenvalue weighted by molar-refractivity contribution is -0.143. The largest absolute Gasteiger partial charge is 0.284 e. The molecule has 1 aromatic heterocycles. The maximum absolute atomic E-state index is 13.0. The van der Waals surface area contributed by atoms with Gasteiger partial charge in [0.2, 0.25) is 11.8 Å². The van der Waals surface area contributed by atoms with Gasteiger partial charge in [-0.15, -0.1) is 0 Å². The number of hydrogen-bond acceptors (Lipinski definition) is 4. The van der Waals surface area contributed by atoms with Crippen LogP contribution in [0.2, 0.25) is 5.02 Å². The number of nitrogens with zero attached hydrogens (tertiary/aromatic N) is 4. The Morgan fingerprint density at radius 3 is 2.57 bits per heavy atom. The Kier molecular flexibility index (Phi) is 5.73. The normalized spacial score (nSPS) is 18.4. The van der Waals surface area contributed by atoms with Gasteiger partial charge >= 0.3 is 0 Å². The van der Waals surface area contributed by atoms with Crippen molar-refractivity contribution in [3.63, 3.8) is 0 Å². The molecule has 7 heteroatoms. The Balaban J connectivity index is 1.45. The van der Waals surface area contributed by atoms with Crippen molar-refractivity contribution < 1.29 is 9.59 Å². The lowest BCUT2D eigenvalue weighted by atomic mass is 9.85. The molecule has 160 valence electrons. The summed E-state index contributed by atoms with van der Waals surface area (Å²) < 4.78 is 1.97. The van der Waals surface area contributed by atoms with Crippen LogP contribution in [0.4, 0.5) is 0 Å². The first kappa shape index (κ1) is 21.1. The number of likely N-dealkylation sites (tertiary alicyclic amines) is 1. The highest BCUT2D eigenvalue weighted by atomic mass is 35.5. The summed E-state index contributed by atoms with van der Waals surface area (Å²) in [6.45, 7) is 5.62. The Morgan fingerprint density at radius 2 is 1.87 bits per heavy atom. The number of hydrogen-bond donors (Lipinski definition) is 0. The van der Waals surface area contributed by atoms with Gasteiger partial charge in [-0.25, -0.2) is 0 Å². The van der Waals surface area contributed by atoms with Crippen molar-refractivity contribution in [2.45, 2.75) is 59.0 Å². The summed E-state index contributed by atoms with van der Waals surface area (Å²) in [6, 6.07) is 7.79. The van der Waals surface area contributed by atoms with Gasteiger partial charge in [0.15, 0.2) is 0 Å². The maximum atomic E-state index is 13.0. The van der Waals surface area contributed by atoms with Gasteiger partial charge in [-0.05, 0) is 45.4 Å². The van der Waals surface area contributed by atoms with Gasteiger partial charge in [0.25, 0.3) is 0 Å². The van der Waals surface area contributed by atoms with Gasteiger partial charge in [-0.2, -0.15) is 5.10 Å². The molecule has 1 spiro atoms. The fourth-order valence-corrected chi connectivity index (χ4v) is 5.11. The first-order chi connectivity index (χ1) is 14.3. The summed E-state index contributed by atoms with van der Waals surface area (Å²) in [6.07, 6.45) is 4.18. The molecule has 0 bridgehead atoms. The van der Waals surface area contributed by atoms with Crippen molar-refractivity contribution in [2.75, 3.05) is 13.7 Å². The predicted octanol–water partition coefficient (Wildman–Crippen LogP) is 3.91. The minimum atomic E-state index is -0.413. The molecule has 1 aromatic carbocycles. The topological polar surface area (TPSA) is 58.4 Å². The first-order valence-corrected chi connectivity index (χ1v) is 11.0. The molecule has 6 nitrogen and oxygen atoms in total. The molecule has 1 saturated heterocycles. The number of benzene rings is 1. The molecule has 2 heterocycles. The average molecular weight is 429 g/mol. The number of carbonyl (C=O) groups is 2. The monoisotopic (exact) mass is 428 g/mol. The van der Waals surface area contributed by atoms with Crippen LogP contribution in [0, 0.1) is 19.3 Å². The molecule has 0 N–H and O–H groups in total. The van der Waals surface area contributed by atoms with E-state index in [1.54, 1.807) is 0 Å². The summed E-state index contributed by atoms with van der Waals surface area (Å²) in [7, 11) is 1.95. The molecule has 2 amide bonds. The molecule has 0 unspecified atom stereocenters. The Bertz CT molecular complexity index is 978.